The predicted molar refractivity (Wildman–Crippen MR) is 123 cm³/mol. The van der Waals surface area contributed by atoms with Crippen LogP contribution in [0.3, 0.4) is 0 Å². The van der Waals surface area contributed by atoms with Crippen molar-refractivity contribution in [3.05, 3.63) is 47.3 Å². The van der Waals surface area contributed by atoms with Gasteiger partial charge in [-0.05, 0) is 66.4 Å². The van der Waals surface area contributed by atoms with Crippen LogP contribution in [-0.2, 0) is 0 Å². The number of hydrogen-bond acceptors (Lipinski definition) is 0. The van der Waals surface area contributed by atoms with Gasteiger partial charge in [-0.2, -0.15) is 0 Å². The van der Waals surface area contributed by atoms with E-state index in [0.29, 0.717) is 11.3 Å². The molecule has 0 unspecified atom stereocenters. The minimum Gasteiger partial charge on any atom is -0.204 e. The van der Waals surface area contributed by atoms with Gasteiger partial charge in [0.15, 0.2) is 17.5 Å². The molecule has 2 fully saturated rings. The van der Waals surface area contributed by atoms with E-state index in [1.165, 1.54) is 70.6 Å². The SMILES string of the molecule is CCCC[C@H]1CC[C@H](CC[C@H]2CC[C@H](c3ccc4c(F)c(F)c(F)cc4c3)CC2)CC1. The molecule has 0 saturated heterocycles. The fourth-order valence-electron chi connectivity index (χ4n) is 6.13. The fraction of sp³-hybridized carbons (Fsp3) is 0.643. The van der Waals surface area contributed by atoms with Crippen molar-refractivity contribution in [2.75, 3.05) is 0 Å². The number of unbranched alkanes of at least 4 members (excludes halogenated alkanes) is 1. The summed E-state index contributed by atoms with van der Waals surface area (Å²) in [5.74, 6) is -0.345. The van der Waals surface area contributed by atoms with E-state index in [9.17, 15) is 13.2 Å². The quantitative estimate of drug-likeness (QED) is 0.384. The second kappa shape index (κ2) is 10.4. The first-order valence-corrected chi connectivity index (χ1v) is 12.6. The van der Waals surface area contributed by atoms with Gasteiger partial charge in [-0.15, -0.1) is 0 Å². The third-order valence-corrected chi connectivity index (χ3v) is 8.23. The molecule has 0 heterocycles. The Balaban J connectivity index is 1.25. The Kier molecular flexibility index (Phi) is 7.61. The Hall–Kier alpha value is -1.51. The highest BCUT2D eigenvalue weighted by Crippen LogP contribution is 2.41. The van der Waals surface area contributed by atoms with E-state index in [0.717, 1.165) is 42.2 Å². The molecule has 170 valence electrons. The molecule has 0 atom stereocenters. The average molecular weight is 431 g/mol. The number of rotatable bonds is 7. The molecule has 0 spiro atoms. The summed E-state index contributed by atoms with van der Waals surface area (Å²) >= 11 is 0. The van der Waals surface area contributed by atoms with Crippen molar-refractivity contribution in [1.29, 1.82) is 0 Å². The molecule has 31 heavy (non-hydrogen) atoms. The van der Waals surface area contributed by atoms with Crippen molar-refractivity contribution in [2.45, 2.75) is 96.3 Å². The first kappa shape index (κ1) is 22.7. The number of halogens is 3. The van der Waals surface area contributed by atoms with Crippen LogP contribution in [0.15, 0.2) is 24.3 Å². The Morgan fingerprint density at radius 1 is 0.710 bits per heavy atom. The molecule has 0 aromatic heterocycles. The predicted octanol–water partition coefficient (Wildman–Crippen LogP) is 9.31. The molecule has 0 bridgehead atoms. The smallest absolute Gasteiger partial charge is 0.195 e. The third kappa shape index (κ3) is 5.46. The zero-order valence-electron chi connectivity index (χ0n) is 18.9. The Morgan fingerprint density at radius 2 is 1.29 bits per heavy atom. The van der Waals surface area contributed by atoms with Crippen molar-refractivity contribution in [3.63, 3.8) is 0 Å². The van der Waals surface area contributed by atoms with Gasteiger partial charge in [-0.1, -0.05) is 82.9 Å². The molecule has 2 aliphatic rings. The molecular formula is C28H37F3. The van der Waals surface area contributed by atoms with Gasteiger partial charge in [-0.3, -0.25) is 0 Å². The van der Waals surface area contributed by atoms with Crippen LogP contribution in [0.2, 0.25) is 0 Å². The molecule has 0 amide bonds. The lowest BCUT2D eigenvalue weighted by Gasteiger charge is -2.32. The van der Waals surface area contributed by atoms with Crippen LogP contribution in [0.1, 0.15) is 102 Å². The lowest BCUT2D eigenvalue weighted by atomic mass is 9.74. The summed E-state index contributed by atoms with van der Waals surface area (Å²) in [5, 5.41) is 0.631. The first-order chi connectivity index (χ1) is 15.0. The highest BCUT2D eigenvalue weighted by molar-refractivity contribution is 5.84. The maximum absolute atomic E-state index is 14.0. The third-order valence-electron chi connectivity index (χ3n) is 8.23. The maximum Gasteiger partial charge on any atom is 0.195 e. The molecule has 2 aliphatic carbocycles. The summed E-state index contributed by atoms with van der Waals surface area (Å²) in [6.45, 7) is 2.29. The van der Waals surface area contributed by atoms with Crippen LogP contribution in [-0.4, -0.2) is 0 Å². The van der Waals surface area contributed by atoms with Gasteiger partial charge in [0.25, 0.3) is 0 Å². The molecule has 2 saturated carbocycles. The Morgan fingerprint density at radius 3 is 1.90 bits per heavy atom. The van der Waals surface area contributed by atoms with Gasteiger partial charge in [0, 0.05) is 5.39 Å². The summed E-state index contributed by atoms with van der Waals surface area (Å²) in [6.07, 6.45) is 17.5. The van der Waals surface area contributed by atoms with E-state index in [2.05, 4.69) is 6.92 Å². The summed E-state index contributed by atoms with van der Waals surface area (Å²) in [5.41, 5.74) is 1.14. The summed E-state index contributed by atoms with van der Waals surface area (Å²) in [6, 6.07) is 6.51. The number of hydrogen-bond donors (Lipinski definition) is 0. The second-order valence-corrected chi connectivity index (χ2v) is 10.3. The molecule has 2 aromatic rings. The van der Waals surface area contributed by atoms with Gasteiger partial charge in [0.05, 0.1) is 0 Å². The van der Waals surface area contributed by atoms with Gasteiger partial charge in [0.2, 0.25) is 0 Å². The summed E-state index contributed by atoms with van der Waals surface area (Å²) < 4.78 is 41.1. The van der Waals surface area contributed by atoms with E-state index in [1.807, 2.05) is 12.1 Å². The van der Waals surface area contributed by atoms with Crippen molar-refractivity contribution < 1.29 is 13.2 Å². The normalized spacial score (nSPS) is 27.0. The molecule has 0 aliphatic heterocycles. The van der Waals surface area contributed by atoms with E-state index in [-0.39, 0.29) is 5.39 Å². The van der Waals surface area contributed by atoms with Crippen LogP contribution in [0.25, 0.3) is 10.8 Å². The molecule has 2 aromatic carbocycles. The average Bonchev–Trinajstić information content (AvgIpc) is 2.80. The fourth-order valence-corrected chi connectivity index (χ4v) is 6.13. The van der Waals surface area contributed by atoms with Gasteiger partial charge >= 0.3 is 0 Å². The van der Waals surface area contributed by atoms with Crippen molar-refractivity contribution in [1.82, 2.24) is 0 Å². The molecule has 0 radical (unpaired) electrons. The zero-order chi connectivity index (χ0) is 21.8. The van der Waals surface area contributed by atoms with Crippen LogP contribution >= 0.6 is 0 Å². The van der Waals surface area contributed by atoms with Crippen LogP contribution in [0, 0.1) is 35.2 Å². The van der Waals surface area contributed by atoms with E-state index < -0.39 is 17.5 Å². The largest absolute Gasteiger partial charge is 0.204 e. The van der Waals surface area contributed by atoms with Crippen LogP contribution in [0.4, 0.5) is 13.2 Å². The number of fused-ring (bicyclic) bond motifs is 1. The lowest BCUT2D eigenvalue weighted by Crippen LogP contribution is -2.17. The first-order valence-electron chi connectivity index (χ1n) is 12.6. The molecule has 0 N–H and O–H groups in total. The monoisotopic (exact) mass is 430 g/mol. The molecule has 4 rings (SSSR count). The van der Waals surface area contributed by atoms with E-state index >= 15 is 0 Å². The summed E-state index contributed by atoms with van der Waals surface area (Å²) in [4.78, 5) is 0. The Bertz CT molecular complexity index is 858. The Labute approximate surface area is 185 Å². The molecule has 0 nitrogen and oxygen atoms in total. The van der Waals surface area contributed by atoms with Gasteiger partial charge < -0.3 is 0 Å². The molecular weight excluding hydrogens is 393 g/mol. The highest BCUT2D eigenvalue weighted by atomic mass is 19.2. The minimum atomic E-state index is -1.38. The van der Waals surface area contributed by atoms with Gasteiger partial charge in [-0.25, -0.2) is 13.2 Å². The van der Waals surface area contributed by atoms with Crippen LogP contribution in [0.5, 0.6) is 0 Å². The lowest BCUT2D eigenvalue weighted by molar-refractivity contribution is 0.223. The standard InChI is InChI=1S/C28H37F3/c1-2-3-4-19-5-7-20(8-6-19)9-10-21-11-13-22(14-12-21)23-15-16-25-24(17-23)18-26(29)28(31)27(25)30/h15-22H,2-14H2,1H3/t19-,20-,21-,22-. The topological polar surface area (TPSA) is 0 Å². The number of benzene rings is 2. The highest BCUT2D eigenvalue weighted by Gasteiger charge is 2.26. The van der Waals surface area contributed by atoms with Crippen molar-refractivity contribution >= 4 is 10.8 Å². The summed E-state index contributed by atoms with van der Waals surface area (Å²) in [7, 11) is 0. The van der Waals surface area contributed by atoms with Crippen molar-refractivity contribution in [3.8, 4) is 0 Å². The van der Waals surface area contributed by atoms with Crippen LogP contribution < -0.4 is 0 Å². The van der Waals surface area contributed by atoms with Crippen molar-refractivity contribution in [2.24, 2.45) is 17.8 Å². The van der Waals surface area contributed by atoms with E-state index in [4.69, 9.17) is 0 Å². The van der Waals surface area contributed by atoms with E-state index in [1.54, 1.807) is 6.07 Å². The van der Waals surface area contributed by atoms with Gasteiger partial charge in [0.1, 0.15) is 0 Å². The second-order valence-electron chi connectivity index (χ2n) is 10.3. The minimum absolute atomic E-state index is 0.167. The maximum atomic E-state index is 14.0. The molecule has 3 heteroatoms. The zero-order valence-corrected chi connectivity index (χ0v) is 18.9.